The number of amides is 1. The second kappa shape index (κ2) is 6.27. The van der Waals surface area contributed by atoms with Gasteiger partial charge in [0.2, 0.25) is 0 Å². The number of hydrogen-bond donors (Lipinski definition) is 1. The van der Waals surface area contributed by atoms with Crippen LogP contribution in [0.2, 0.25) is 0 Å². The first kappa shape index (κ1) is 16.5. The van der Waals surface area contributed by atoms with Crippen LogP contribution in [0.1, 0.15) is 28.5 Å². The highest BCUT2D eigenvalue weighted by molar-refractivity contribution is 5.83. The van der Waals surface area contributed by atoms with Gasteiger partial charge in [-0.3, -0.25) is 9.89 Å². The fraction of sp³-hybridized carbons (Fsp3) is 0.375. The van der Waals surface area contributed by atoms with Crippen molar-refractivity contribution >= 4 is 5.91 Å². The molecule has 1 N–H and O–H groups in total. The molecule has 1 aromatic carbocycles. The Bertz CT molecular complexity index is 742. The van der Waals surface area contributed by atoms with Crippen molar-refractivity contribution in [3.05, 3.63) is 52.8 Å². The van der Waals surface area contributed by atoms with Crippen molar-refractivity contribution in [1.82, 2.24) is 15.1 Å². The number of carbonyl (C=O) groups excluding carboxylic acids is 1. The van der Waals surface area contributed by atoms with Crippen LogP contribution >= 0.6 is 0 Å². The fourth-order valence-corrected chi connectivity index (χ4v) is 2.92. The lowest BCUT2D eigenvalue weighted by Crippen LogP contribution is -2.39. The van der Waals surface area contributed by atoms with Crippen LogP contribution in [0, 0.1) is 0 Å². The number of methoxy groups -OCH3 is 1. The monoisotopic (exact) mass is 339 g/mol. The van der Waals surface area contributed by atoms with Crippen molar-refractivity contribution in [1.29, 1.82) is 0 Å². The molecule has 128 valence electrons. The third-order valence-corrected chi connectivity index (χ3v) is 4.12. The molecule has 0 aliphatic carbocycles. The lowest BCUT2D eigenvalue weighted by atomic mass is 9.99. The van der Waals surface area contributed by atoms with Gasteiger partial charge in [0.15, 0.2) is 6.10 Å². The molecule has 1 unspecified atom stereocenters. The first-order valence-electron chi connectivity index (χ1n) is 7.40. The maximum atomic E-state index is 13.2. The van der Waals surface area contributed by atoms with Crippen LogP contribution < -0.4 is 0 Å². The summed E-state index contributed by atoms with van der Waals surface area (Å²) in [7, 11) is 1.24. The number of aromatic nitrogens is 2. The van der Waals surface area contributed by atoms with Crippen molar-refractivity contribution in [2.24, 2.45) is 0 Å². The Labute approximate surface area is 136 Å². The zero-order valence-corrected chi connectivity index (χ0v) is 12.9. The van der Waals surface area contributed by atoms with Crippen LogP contribution in [0.5, 0.6) is 0 Å². The van der Waals surface area contributed by atoms with Crippen LogP contribution in [0.15, 0.2) is 30.5 Å². The predicted octanol–water partition coefficient (Wildman–Crippen LogP) is 2.70. The molecule has 1 atom stereocenters. The highest BCUT2D eigenvalue weighted by Gasteiger charge is 2.38. The molecule has 1 amide bonds. The van der Waals surface area contributed by atoms with E-state index in [0.29, 0.717) is 19.5 Å². The molecule has 1 aromatic heterocycles. The first-order valence-corrected chi connectivity index (χ1v) is 7.40. The zero-order chi connectivity index (χ0) is 17.3. The van der Waals surface area contributed by atoms with Crippen molar-refractivity contribution in [3.8, 4) is 0 Å². The van der Waals surface area contributed by atoms with E-state index in [4.69, 9.17) is 4.74 Å². The van der Waals surface area contributed by atoms with Crippen LogP contribution in [0.25, 0.3) is 0 Å². The summed E-state index contributed by atoms with van der Waals surface area (Å²) in [5, 5.41) is 6.78. The van der Waals surface area contributed by atoms with E-state index in [0.717, 1.165) is 17.3 Å². The Balaban J connectivity index is 1.89. The van der Waals surface area contributed by atoms with Gasteiger partial charge in [-0.15, -0.1) is 0 Å². The zero-order valence-electron chi connectivity index (χ0n) is 12.9. The van der Waals surface area contributed by atoms with E-state index in [1.54, 1.807) is 6.20 Å². The van der Waals surface area contributed by atoms with Crippen LogP contribution in [-0.4, -0.2) is 34.7 Å². The maximum Gasteiger partial charge on any atom is 0.416 e. The molecule has 5 nitrogen and oxygen atoms in total. The number of nitrogens with zero attached hydrogens (tertiary/aromatic N) is 2. The van der Waals surface area contributed by atoms with E-state index >= 15 is 0 Å². The third-order valence-electron chi connectivity index (χ3n) is 4.12. The largest absolute Gasteiger partial charge is 0.416 e. The van der Waals surface area contributed by atoms with Crippen LogP contribution in [0.3, 0.4) is 0 Å². The number of H-pyrrole nitrogens is 1. The Morgan fingerprint density at radius 2 is 2.12 bits per heavy atom. The quantitative estimate of drug-likeness (QED) is 0.935. The Kier molecular flexibility index (Phi) is 4.31. The summed E-state index contributed by atoms with van der Waals surface area (Å²) in [6, 6.07) is 5.00. The molecule has 24 heavy (non-hydrogen) atoms. The highest BCUT2D eigenvalue weighted by atomic mass is 19.4. The van der Waals surface area contributed by atoms with Crippen molar-refractivity contribution in [3.63, 3.8) is 0 Å². The molecule has 8 heteroatoms. The number of fused-ring (bicyclic) bond motifs is 1. The number of alkyl halides is 3. The minimum atomic E-state index is -4.55. The summed E-state index contributed by atoms with van der Waals surface area (Å²) in [5.74, 6) is -0.485. The molecule has 0 bridgehead atoms. The van der Waals surface area contributed by atoms with Gasteiger partial charge in [-0.2, -0.15) is 18.3 Å². The number of hydrogen-bond acceptors (Lipinski definition) is 3. The van der Waals surface area contributed by atoms with Gasteiger partial charge in [-0.25, -0.2) is 0 Å². The number of ether oxygens (including phenoxy) is 1. The molecule has 0 radical (unpaired) electrons. The number of carbonyl (C=O) groups is 1. The highest BCUT2D eigenvalue weighted by Crippen LogP contribution is 2.36. The lowest BCUT2D eigenvalue weighted by Gasteiger charge is -2.30. The van der Waals surface area contributed by atoms with E-state index < -0.39 is 23.8 Å². The molecular weight excluding hydrogens is 323 g/mol. The summed E-state index contributed by atoms with van der Waals surface area (Å²) >= 11 is 0. The van der Waals surface area contributed by atoms with Crippen molar-refractivity contribution in [2.45, 2.75) is 25.2 Å². The normalized spacial score (nSPS) is 15.9. The van der Waals surface area contributed by atoms with Gasteiger partial charge < -0.3 is 9.64 Å². The van der Waals surface area contributed by atoms with Gasteiger partial charge >= 0.3 is 6.18 Å². The molecule has 1 aliphatic rings. The van der Waals surface area contributed by atoms with E-state index in [1.165, 1.54) is 30.2 Å². The molecule has 0 saturated carbocycles. The van der Waals surface area contributed by atoms with Gasteiger partial charge in [0.1, 0.15) is 0 Å². The molecule has 0 spiro atoms. The van der Waals surface area contributed by atoms with Crippen molar-refractivity contribution in [2.75, 3.05) is 13.7 Å². The fourth-order valence-electron chi connectivity index (χ4n) is 2.92. The smallest absolute Gasteiger partial charge is 0.367 e. The summed E-state index contributed by atoms with van der Waals surface area (Å²) in [4.78, 5) is 14.2. The topological polar surface area (TPSA) is 58.2 Å². The molecular formula is C16H16F3N3O2. The maximum absolute atomic E-state index is 13.2. The predicted molar refractivity (Wildman–Crippen MR) is 78.9 cm³/mol. The Morgan fingerprint density at radius 3 is 2.83 bits per heavy atom. The van der Waals surface area contributed by atoms with Crippen LogP contribution in [0.4, 0.5) is 13.2 Å². The number of halogens is 3. The number of nitrogens with one attached hydrogen (secondary N) is 1. The summed E-state index contributed by atoms with van der Waals surface area (Å²) < 4.78 is 44.8. The summed E-state index contributed by atoms with van der Waals surface area (Å²) in [5.41, 5.74) is 0.791. The van der Waals surface area contributed by atoms with Gasteiger partial charge in [0.25, 0.3) is 5.91 Å². The minimum absolute atomic E-state index is 0.171. The van der Waals surface area contributed by atoms with Gasteiger partial charge in [-0.1, -0.05) is 18.2 Å². The third kappa shape index (κ3) is 3.01. The number of benzene rings is 1. The standard InChI is InChI=1S/C16H16F3N3O2/c1-24-14(11-4-2-3-5-12(11)16(17,18)19)15(23)22-7-6-13-10(9-22)8-20-21-13/h2-5,8,14H,6-7,9H2,1H3,(H,20,21). The summed E-state index contributed by atoms with van der Waals surface area (Å²) in [6.45, 7) is 0.709. The second-order valence-corrected chi connectivity index (χ2v) is 5.58. The first-order chi connectivity index (χ1) is 11.4. The number of rotatable bonds is 3. The number of aromatic amines is 1. The average Bonchev–Trinajstić information content (AvgIpc) is 3.02. The second-order valence-electron chi connectivity index (χ2n) is 5.58. The van der Waals surface area contributed by atoms with E-state index in [1.807, 2.05) is 0 Å². The van der Waals surface area contributed by atoms with E-state index in [-0.39, 0.29) is 5.56 Å². The average molecular weight is 339 g/mol. The molecule has 3 rings (SSSR count). The lowest BCUT2D eigenvalue weighted by molar-refractivity contribution is -0.146. The molecule has 2 aromatic rings. The van der Waals surface area contributed by atoms with Crippen molar-refractivity contribution < 1.29 is 22.7 Å². The Morgan fingerprint density at radius 1 is 1.38 bits per heavy atom. The minimum Gasteiger partial charge on any atom is -0.367 e. The molecule has 2 heterocycles. The Hall–Kier alpha value is -2.35. The summed E-state index contributed by atoms with van der Waals surface area (Å²) in [6.07, 6.45) is -3.64. The SMILES string of the molecule is COC(C(=O)N1CCc2[nH]ncc2C1)c1ccccc1C(F)(F)F. The van der Waals surface area contributed by atoms with E-state index in [9.17, 15) is 18.0 Å². The van der Waals surface area contributed by atoms with Gasteiger partial charge in [-0.05, 0) is 6.07 Å². The van der Waals surface area contributed by atoms with Gasteiger partial charge in [0, 0.05) is 43.4 Å². The molecule has 1 aliphatic heterocycles. The van der Waals surface area contributed by atoms with Gasteiger partial charge in [0.05, 0.1) is 11.8 Å². The molecule has 0 fully saturated rings. The molecule has 0 saturated heterocycles. The van der Waals surface area contributed by atoms with Crippen LogP contribution in [-0.2, 0) is 28.7 Å². The van der Waals surface area contributed by atoms with E-state index in [2.05, 4.69) is 10.2 Å².